The average molecular weight is 577 g/mol. The van der Waals surface area contributed by atoms with E-state index in [2.05, 4.69) is 25.8 Å². The Balaban J connectivity index is 1.03. The molecule has 4 aliphatic rings. The summed E-state index contributed by atoms with van der Waals surface area (Å²) in [5.74, 6) is 2.87. The fraction of sp³-hybridized carbons (Fsp3) is 0.533. The van der Waals surface area contributed by atoms with E-state index in [4.69, 9.17) is 24.2 Å². The van der Waals surface area contributed by atoms with E-state index in [1.165, 1.54) is 23.0 Å². The molecule has 10 nitrogen and oxygen atoms in total. The molecule has 6 heterocycles. The minimum atomic E-state index is -0.152. The maximum Gasteiger partial charge on any atom is 0.175 e. The Hall–Kier alpha value is -2.99. The molecule has 3 aliphatic heterocycles. The van der Waals surface area contributed by atoms with Crippen LogP contribution >= 0.6 is 11.8 Å². The monoisotopic (exact) mass is 576 g/mol. The van der Waals surface area contributed by atoms with Crippen molar-refractivity contribution in [2.24, 2.45) is 11.3 Å². The van der Waals surface area contributed by atoms with Crippen LogP contribution in [0.4, 0.5) is 11.6 Å². The van der Waals surface area contributed by atoms with Crippen LogP contribution in [0.15, 0.2) is 46.7 Å². The summed E-state index contributed by atoms with van der Waals surface area (Å²) in [5, 5.41) is 11.0. The summed E-state index contributed by atoms with van der Waals surface area (Å²) in [7, 11) is 1.64. The van der Waals surface area contributed by atoms with E-state index in [1.54, 1.807) is 7.11 Å². The molecule has 3 aromatic rings. The van der Waals surface area contributed by atoms with E-state index in [9.17, 15) is 5.11 Å². The van der Waals surface area contributed by atoms with Gasteiger partial charge in [0.2, 0.25) is 0 Å². The molecule has 2 saturated heterocycles. The lowest BCUT2D eigenvalue weighted by atomic mass is 9.76. The zero-order valence-electron chi connectivity index (χ0n) is 23.4. The number of aliphatic hydroxyl groups excluding tert-OH is 1. The van der Waals surface area contributed by atoms with Crippen molar-refractivity contribution in [3.8, 4) is 5.75 Å². The molecule has 0 unspecified atom stereocenters. The summed E-state index contributed by atoms with van der Waals surface area (Å²) in [6.07, 6.45) is 10.9. The van der Waals surface area contributed by atoms with Crippen LogP contribution < -0.4 is 14.5 Å². The molecule has 3 aromatic heterocycles. The molecule has 0 amide bonds. The standard InChI is InChI=1S/C30H36N6O4S/c1-38-19-39-17-20-11-22-18-40-27-25(4-8-32-29(27)36(22)15-20)41-26-14-33-28(24(16-37)34-26)35-9-5-30(6-10-35)12-21-3-2-7-31-23(21)13-30/h2-4,7-8,14,20,22,37H,5-6,9-13,15-19H2,1H3/t20-,22-/m0/s1. The summed E-state index contributed by atoms with van der Waals surface area (Å²) < 4.78 is 16.9. The molecule has 0 radical (unpaired) electrons. The van der Waals surface area contributed by atoms with E-state index < -0.39 is 0 Å². The van der Waals surface area contributed by atoms with Gasteiger partial charge in [-0.05, 0) is 55.2 Å². The number of aromatic nitrogens is 4. The summed E-state index contributed by atoms with van der Waals surface area (Å²) in [4.78, 5) is 24.5. The zero-order chi connectivity index (χ0) is 27.8. The van der Waals surface area contributed by atoms with Gasteiger partial charge in [0.25, 0.3) is 0 Å². The van der Waals surface area contributed by atoms with Gasteiger partial charge in [-0.25, -0.2) is 15.0 Å². The molecule has 1 spiro atoms. The van der Waals surface area contributed by atoms with E-state index in [-0.39, 0.29) is 6.61 Å². The number of hydrogen-bond donors (Lipinski definition) is 1. The number of ether oxygens (including phenoxy) is 3. The molecule has 7 rings (SSSR count). The number of fused-ring (bicyclic) bond motifs is 4. The fourth-order valence-corrected chi connectivity index (χ4v) is 7.82. The van der Waals surface area contributed by atoms with Crippen molar-refractivity contribution < 1.29 is 19.3 Å². The highest BCUT2D eigenvalue weighted by Gasteiger charge is 2.41. The molecule has 0 saturated carbocycles. The number of nitrogens with zero attached hydrogens (tertiary/aromatic N) is 6. The third-order valence-electron chi connectivity index (χ3n) is 8.98. The van der Waals surface area contributed by atoms with Crippen LogP contribution in [0.5, 0.6) is 5.75 Å². The van der Waals surface area contributed by atoms with Gasteiger partial charge in [-0.2, -0.15) is 0 Å². The molecule has 1 aliphatic carbocycles. The smallest absolute Gasteiger partial charge is 0.175 e. The van der Waals surface area contributed by atoms with Gasteiger partial charge in [0.1, 0.15) is 24.1 Å². The molecule has 41 heavy (non-hydrogen) atoms. The van der Waals surface area contributed by atoms with Crippen LogP contribution in [0.2, 0.25) is 0 Å². The second kappa shape index (κ2) is 11.4. The molecule has 0 bridgehead atoms. The SMILES string of the molecule is COCOC[C@H]1C[C@H]2COc3c(Sc4cnc(N5CCC6(CC5)Cc5cccnc5C6)c(CO)n4)ccnc3N2C1. The number of pyridine rings is 2. The van der Waals surface area contributed by atoms with Crippen molar-refractivity contribution in [1.82, 2.24) is 19.9 Å². The first-order valence-electron chi connectivity index (χ1n) is 14.4. The molecular formula is C30H36N6O4S. The molecule has 0 aromatic carbocycles. The minimum Gasteiger partial charge on any atom is -0.486 e. The minimum absolute atomic E-state index is 0.152. The highest BCUT2D eigenvalue weighted by Crippen LogP contribution is 2.46. The number of aliphatic hydroxyl groups is 1. The lowest BCUT2D eigenvalue weighted by Gasteiger charge is -2.40. The Morgan fingerprint density at radius 1 is 1.12 bits per heavy atom. The average Bonchev–Trinajstić information content (AvgIpc) is 3.59. The third-order valence-corrected chi connectivity index (χ3v) is 9.93. The van der Waals surface area contributed by atoms with Crippen LogP contribution in [0.25, 0.3) is 0 Å². The zero-order valence-corrected chi connectivity index (χ0v) is 24.2. The van der Waals surface area contributed by atoms with Crippen molar-refractivity contribution in [2.75, 3.05) is 56.6 Å². The Bertz CT molecular complexity index is 1370. The summed E-state index contributed by atoms with van der Waals surface area (Å²) >= 11 is 1.50. The van der Waals surface area contributed by atoms with Crippen LogP contribution in [-0.2, 0) is 28.9 Å². The molecule has 11 heteroatoms. The van der Waals surface area contributed by atoms with Crippen molar-refractivity contribution in [1.29, 1.82) is 0 Å². The van der Waals surface area contributed by atoms with Crippen molar-refractivity contribution in [3.05, 3.63) is 53.7 Å². The van der Waals surface area contributed by atoms with E-state index in [1.807, 2.05) is 30.7 Å². The number of rotatable bonds is 8. The summed E-state index contributed by atoms with van der Waals surface area (Å²) in [5.41, 5.74) is 3.57. The first kappa shape index (κ1) is 26.9. The predicted molar refractivity (Wildman–Crippen MR) is 154 cm³/mol. The second-order valence-electron chi connectivity index (χ2n) is 11.6. The first-order valence-corrected chi connectivity index (χ1v) is 15.2. The van der Waals surface area contributed by atoms with Gasteiger partial charge >= 0.3 is 0 Å². The maximum atomic E-state index is 10.3. The predicted octanol–water partition coefficient (Wildman–Crippen LogP) is 3.50. The fourth-order valence-electron chi connectivity index (χ4n) is 6.96. The van der Waals surface area contributed by atoms with Gasteiger partial charge in [0, 0.05) is 50.7 Å². The highest BCUT2D eigenvalue weighted by molar-refractivity contribution is 7.99. The van der Waals surface area contributed by atoms with Gasteiger partial charge < -0.3 is 29.1 Å². The van der Waals surface area contributed by atoms with E-state index in [0.29, 0.717) is 43.1 Å². The molecule has 1 N–H and O–H groups in total. The highest BCUT2D eigenvalue weighted by atomic mass is 32.2. The molecular weight excluding hydrogens is 540 g/mol. The van der Waals surface area contributed by atoms with Crippen LogP contribution in [-0.4, -0.2) is 77.8 Å². The van der Waals surface area contributed by atoms with Gasteiger partial charge in [0.15, 0.2) is 17.4 Å². The lowest BCUT2D eigenvalue weighted by Crippen LogP contribution is -2.41. The van der Waals surface area contributed by atoms with Crippen LogP contribution in [0, 0.1) is 11.3 Å². The van der Waals surface area contributed by atoms with Crippen LogP contribution in [0.1, 0.15) is 36.2 Å². The Labute approximate surface area is 244 Å². The van der Waals surface area contributed by atoms with Crippen molar-refractivity contribution in [2.45, 2.75) is 54.7 Å². The molecule has 2 atom stereocenters. The number of methoxy groups -OCH3 is 1. The maximum absolute atomic E-state index is 10.3. The van der Waals surface area contributed by atoms with Crippen LogP contribution in [0.3, 0.4) is 0 Å². The first-order chi connectivity index (χ1) is 20.1. The quantitative estimate of drug-likeness (QED) is 0.315. The van der Waals surface area contributed by atoms with E-state index >= 15 is 0 Å². The van der Waals surface area contributed by atoms with Gasteiger partial charge in [-0.3, -0.25) is 4.98 Å². The number of piperidine rings is 1. The second-order valence-corrected chi connectivity index (χ2v) is 12.7. The van der Waals surface area contributed by atoms with Gasteiger partial charge in [-0.1, -0.05) is 17.8 Å². The normalized spacial score (nSPS) is 22.4. The topological polar surface area (TPSA) is 106 Å². The third kappa shape index (κ3) is 5.24. The van der Waals surface area contributed by atoms with Crippen molar-refractivity contribution >= 4 is 23.4 Å². The van der Waals surface area contributed by atoms with Crippen molar-refractivity contribution in [3.63, 3.8) is 0 Å². The Morgan fingerprint density at radius 3 is 2.85 bits per heavy atom. The lowest BCUT2D eigenvalue weighted by molar-refractivity contribution is -0.0414. The Kier molecular flexibility index (Phi) is 7.44. The summed E-state index contributed by atoms with van der Waals surface area (Å²) in [6, 6.07) is 6.53. The number of anilines is 2. The Morgan fingerprint density at radius 2 is 2.02 bits per heavy atom. The number of hydrogen-bond acceptors (Lipinski definition) is 11. The largest absolute Gasteiger partial charge is 0.486 e. The van der Waals surface area contributed by atoms with Gasteiger partial charge in [-0.15, -0.1) is 0 Å². The van der Waals surface area contributed by atoms with E-state index in [0.717, 1.165) is 79.0 Å². The molecule has 216 valence electrons. The molecule has 2 fully saturated rings. The summed E-state index contributed by atoms with van der Waals surface area (Å²) in [6.45, 7) is 4.14. The van der Waals surface area contributed by atoms with Gasteiger partial charge in [0.05, 0.1) is 30.3 Å².